The molecule has 0 saturated carbocycles. The molecule has 29 heavy (non-hydrogen) atoms. The van der Waals surface area contributed by atoms with Crippen molar-refractivity contribution in [1.29, 1.82) is 0 Å². The van der Waals surface area contributed by atoms with Crippen LogP contribution in [-0.2, 0) is 4.79 Å². The van der Waals surface area contributed by atoms with Crippen molar-refractivity contribution in [3.63, 3.8) is 0 Å². The van der Waals surface area contributed by atoms with Gasteiger partial charge in [0.05, 0.1) is 12.5 Å². The minimum Gasteiger partial charge on any atom is -0.494 e. The topological polar surface area (TPSA) is 68.5 Å². The Morgan fingerprint density at radius 2 is 2.03 bits per heavy atom. The first-order valence-electron chi connectivity index (χ1n) is 9.68. The zero-order valence-electron chi connectivity index (χ0n) is 16.4. The van der Waals surface area contributed by atoms with Crippen LogP contribution in [0.3, 0.4) is 0 Å². The highest BCUT2D eigenvalue weighted by atomic mass is 35.5. The van der Waals surface area contributed by atoms with Crippen LogP contribution in [0.2, 0.25) is 5.02 Å². The number of benzene rings is 2. The van der Waals surface area contributed by atoms with Gasteiger partial charge in [0, 0.05) is 29.2 Å². The minimum absolute atomic E-state index is 0.0255. The van der Waals surface area contributed by atoms with Gasteiger partial charge in [-0.05, 0) is 55.3 Å². The van der Waals surface area contributed by atoms with Crippen molar-refractivity contribution in [1.82, 2.24) is 10.1 Å². The van der Waals surface area contributed by atoms with Gasteiger partial charge in [-0.2, -0.15) is 4.98 Å². The number of hydrogen-bond acceptors (Lipinski definition) is 5. The van der Waals surface area contributed by atoms with E-state index in [1.807, 2.05) is 49.4 Å². The van der Waals surface area contributed by atoms with Crippen molar-refractivity contribution in [2.24, 2.45) is 0 Å². The molecule has 2 aromatic carbocycles. The third kappa shape index (κ3) is 4.12. The van der Waals surface area contributed by atoms with Crippen molar-refractivity contribution >= 4 is 23.2 Å². The first-order chi connectivity index (χ1) is 14.0. The molecule has 3 aromatic rings. The maximum absolute atomic E-state index is 12.6. The molecule has 1 aliphatic heterocycles. The maximum Gasteiger partial charge on any atom is 0.232 e. The normalized spacial score (nSPS) is 16.4. The zero-order valence-corrected chi connectivity index (χ0v) is 17.1. The molecule has 0 spiro atoms. The number of halogens is 1. The van der Waals surface area contributed by atoms with Gasteiger partial charge in [0.1, 0.15) is 5.75 Å². The molecule has 1 atom stereocenters. The molecule has 1 fully saturated rings. The van der Waals surface area contributed by atoms with Crippen molar-refractivity contribution in [3.8, 4) is 17.1 Å². The van der Waals surface area contributed by atoms with Crippen LogP contribution in [0.25, 0.3) is 11.4 Å². The van der Waals surface area contributed by atoms with E-state index in [1.54, 1.807) is 4.90 Å². The molecular weight excluding hydrogens is 390 g/mol. The lowest BCUT2D eigenvalue weighted by atomic mass is 10.1. The molecule has 1 aromatic heterocycles. The van der Waals surface area contributed by atoms with Gasteiger partial charge >= 0.3 is 0 Å². The number of nitrogens with zero attached hydrogens (tertiary/aromatic N) is 3. The molecule has 6 nitrogen and oxygen atoms in total. The Hall–Kier alpha value is -2.86. The maximum atomic E-state index is 12.6. The van der Waals surface area contributed by atoms with Crippen LogP contribution in [-0.4, -0.2) is 29.2 Å². The van der Waals surface area contributed by atoms with E-state index >= 15 is 0 Å². The van der Waals surface area contributed by atoms with Gasteiger partial charge < -0.3 is 14.2 Å². The van der Waals surface area contributed by atoms with Crippen LogP contribution in [0.1, 0.15) is 37.1 Å². The Morgan fingerprint density at radius 3 is 2.79 bits per heavy atom. The van der Waals surface area contributed by atoms with E-state index in [-0.39, 0.29) is 11.8 Å². The fraction of sp³-hybridized carbons (Fsp3) is 0.318. The van der Waals surface area contributed by atoms with Crippen molar-refractivity contribution in [2.45, 2.75) is 32.6 Å². The summed E-state index contributed by atoms with van der Waals surface area (Å²) in [5, 5.41) is 4.70. The summed E-state index contributed by atoms with van der Waals surface area (Å²) < 4.78 is 11.1. The van der Waals surface area contributed by atoms with Crippen molar-refractivity contribution < 1.29 is 14.1 Å². The monoisotopic (exact) mass is 411 g/mol. The molecule has 2 heterocycles. The summed E-state index contributed by atoms with van der Waals surface area (Å²) in [5.74, 6) is 1.67. The molecule has 0 N–H and O–H groups in total. The summed E-state index contributed by atoms with van der Waals surface area (Å²) >= 11 is 6.12. The Kier molecular flexibility index (Phi) is 5.53. The minimum atomic E-state index is -0.144. The van der Waals surface area contributed by atoms with Gasteiger partial charge in [-0.25, -0.2) is 0 Å². The molecule has 0 aliphatic carbocycles. The van der Waals surface area contributed by atoms with Gasteiger partial charge in [-0.1, -0.05) is 29.7 Å². The molecule has 150 valence electrons. The molecule has 1 amide bonds. The number of hydrogen-bond donors (Lipinski definition) is 0. The molecular formula is C22H22ClN3O3. The summed E-state index contributed by atoms with van der Waals surface area (Å²) in [6.07, 6.45) is 1.29. The lowest BCUT2D eigenvalue weighted by Gasteiger charge is -2.18. The standard InChI is InChI=1S/C22H22ClN3O3/c1-3-10-28-18-8-5-15(6-9-18)21-24-22(29-25-21)16-11-20(27)26(13-16)19-12-17(23)7-4-14(19)2/h4-9,12,16H,3,10-11,13H2,1-2H3. The molecule has 4 rings (SSSR count). The highest BCUT2D eigenvalue weighted by Crippen LogP contribution is 2.34. The first kappa shape index (κ1) is 19.5. The number of rotatable bonds is 6. The molecule has 1 unspecified atom stereocenters. The fourth-order valence-corrected chi connectivity index (χ4v) is 3.58. The van der Waals surface area contributed by atoms with Gasteiger partial charge in [0.2, 0.25) is 17.6 Å². The third-order valence-electron chi connectivity index (χ3n) is 4.96. The first-order valence-corrected chi connectivity index (χ1v) is 10.1. The Morgan fingerprint density at radius 1 is 1.24 bits per heavy atom. The SMILES string of the molecule is CCCOc1ccc(-c2noc(C3CC(=O)N(c4cc(Cl)ccc4C)C3)n2)cc1. The Balaban J connectivity index is 1.50. The van der Waals surface area contributed by atoms with Crippen LogP contribution in [0.5, 0.6) is 5.75 Å². The van der Waals surface area contributed by atoms with E-state index in [2.05, 4.69) is 17.1 Å². The number of amides is 1. The second-order valence-electron chi connectivity index (χ2n) is 7.17. The van der Waals surface area contributed by atoms with Gasteiger partial charge in [-0.3, -0.25) is 4.79 Å². The number of anilines is 1. The van der Waals surface area contributed by atoms with E-state index < -0.39 is 0 Å². The third-order valence-corrected chi connectivity index (χ3v) is 5.20. The van der Waals surface area contributed by atoms with Crippen LogP contribution >= 0.6 is 11.6 Å². The largest absolute Gasteiger partial charge is 0.494 e. The average Bonchev–Trinajstić information content (AvgIpc) is 3.36. The fourth-order valence-electron chi connectivity index (χ4n) is 3.42. The number of aryl methyl sites for hydroxylation is 1. The van der Waals surface area contributed by atoms with Crippen LogP contribution in [0, 0.1) is 6.92 Å². The smallest absolute Gasteiger partial charge is 0.232 e. The van der Waals surface area contributed by atoms with Crippen molar-refractivity contribution in [2.75, 3.05) is 18.1 Å². The molecule has 0 radical (unpaired) electrons. The lowest BCUT2D eigenvalue weighted by molar-refractivity contribution is -0.117. The van der Waals surface area contributed by atoms with Gasteiger partial charge in [-0.15, -0.1) is 0 Å². The van der Waals surface area contributed by atoms with Crippen LogP contribution in [0.4, 0.5) is 5.69 Å². The second-order valence-corrected chi connectivity index (χ2v) is 7.60. The predicted octanol–water partition coefficient (Wildman–Crippen LogP) is 5.01. The summed E-state index contributed by atoms with van der Waals surface area (Å²) in [7, 11) is 0. The number of ether oxygens (including phenoxy) is 1. The highest BCUT2D eigenvalue weighted by Gasteiger charge is 2.35. The van der Waals surface area contributed by atoms with E-state index in [1.165, 1.54) is 0 Å². The summed E-state index contributed by atoms with van der Waals surface area (Å²) in [6.45, 7) is 5.21. The van der Waals surface area contributed by atoms with Crippen molar-refractivity contribution in [3.05, 3.63) is 58.9 Å². The Bertz CT molecular complexity index is 1020. The van der Waals surface area contributed by atoms with Crippen LogP contribution in [0.15, 0.2) is 47.0 Å². The molecule has 1 aliphatic rings. The second kappa shape index (κ2) is 8.25. The molecule has 1 saturated heterocycles. The van der Waals surface area contributed by atoms with Gasteiger partial charge in [0.25, 0.3) is 0 Å². The quantitative estimate of drug-likeness (QED) is 0.570. The number of aromatic nitrogens is 2. The Labute approximate surface area is 174 Å². The number of carbonyl (C=O) groups excluding carboxylic acids is 1. The lowest BCUT2D eigenvalue weighted by Crippen LogP contribution is -2.25. The summed E-state index contributed by atoms with van der Waals surface area (Å²) in [5.41, 5.74) is 2.67. The molecule has 0 bridgehead atoms. The highest BCUT2D eigenvalue weighted by molar-refractivity contribution is 6.31. The molecule has 7 heteroatoms. The number of carbonyl (C=O) groups is 1. The average molecular weight is 412 g/mol. The van der Waals surface area contributed by atoms with E-state index in [4.69, 9.17) is 20.9 Å². The summed E-state index contributed by atoms with van der Waals surface area (Å²) in [6, 6.07) is 13.1. The van der Waals surface area contributed by atoms with Crippen LogP contribution < -0.4 is 9.64 Å². The van der Waals surface area contributed by atoms with E-state index in [0.717, 1.165) is 29.0 Å². The van der Waals surface area contributed by atoms with Gasteiger partial charge in [0.15, 0.2) is 0 Å². The van der Waals surface area contributed by atoms with E-state index in [9.17, 15) is 4.79 Å². The predicted molar refractivity (Wildman–Crippen MR) is 111 cm³/mol. The van der Waals surface area contributed by atoms with E-state index in [0.29, 0.717) is 36.3 Å². The zero-order chi connectivity index (χ0) is 20.4. The summed E-state index contributed by atoms with van der Waals surface area (Å²) in [4.78, 5) is 18.9.